The van der Waals surface area contributed by atoms with Crippen LogP contribution in [0.3, 0.4) is 0 Å². The standard InChI is InChI=1S/C17H11N2O/c20-19-16-7-2-1-5-13(16)14-9-8-12(11-17(14)19)15-6-3-4-10-18-15/h1-11H/q+1. The Bertz CT molecular complexity index is 825. The monoisotopic (exact) mass is 259 g/mol. The quantitative estimate of drug-likeness (QED) is 0.477. The highest BCUT2D eigenvalue weighted by molar-refractivity contribution is 5.93. The van der Waals surface area contributed by atoms with Crippen LogP contribution in [0.4, 0.5) is 11.4 Å². The Hall–Kier alpha value is -2.81. The number of para-hydroxylation sites is 1. The summed E-state index contributed by atoms with van der Waals surface area (Å²) in [5, 5.41) is 0. The fourth-order valence-electron chi connectivity index (χ4n) is 2.63. The van der Waals surface area contributed by atoms with Gasteiger partial charge >= 0.3 is 0 Å². The lowest BCUT2D eigenvalue weighted by Gasteiger charge is -2.00. The second kappa shape index (κ2) is 4.10. The number of nitroso groups, excluding NO2 is 1. The van der Waals surface area contributed by atoms with E-state index in [2.05, 4.69) is 4.98 Å². The predicted molar refractivity (Wildman–Crippen MR) is 79.9 cm³/mol. The molecular formula is C17H11N2O+. The minimum Gasteiger partial charge on any atom is -0.256 e. The van der Waals surface area contributed by atoms with Gasteiger partial charge in [0.05, 0.1) is 21.6 Å². The van der Waals surface area contributed by atoms with Gasteiger partial charge in [-0.05, 0) is 24.3 Å². The Morgan fingerprint density at radius 2 is 1.60 bits per heavy atom. The maximum Gasteiger partial charge on any atom is 0.272 e. The number of aromatic nitrogens is 1. The normalized spacial score (nSPS) is 12.1. The second-order valence-corrected chi connectivity index (χ2v) is 4.76. The number of benzene rings is 2. The number of hydrogen-bond acceptors (Lipinski definition) is 2. The van der Waals surface area contributed by atoms with E-state index in [1.54, 1.807) is 6.20 Å². The van der Waals surface area contributed by atoms with Crippen LogP contribution in [0.25, 0.3) is 22.4 Å². The smallest absolute Gasteiger partial charge is 0.256 e. The first-order valence-electron chi connectivity index (χ1n) is 6.47. The van der Waals surface area contributed by atoms with Crippen LogP contribution >= 0.6 is 0 Å². The summed E-state index contributed by atoms with van der Waals surface area (Å²) in [7, 11) is 0. The number of rotatable bonds is 1. The van der Waals surface area contributed by atoms with Gasteiger partial charge in [-0.3, -0.25) is 4.98 Å². The highest BCUT2D eigenvalue weighted by atomic mass is 16.3. The van der Waals surface area contributed by atoms with Crippen LogP contribution in [0.15, 0.2) is 66.9 Å². The van der Waals surface area contributed by atoms with Gasteiger partial charge in [-0.1, -0.05) is 24.3 Å². The van der Waals surface area contributed by atoms with E-state index in [1.807, 2.05) is 60.7 Å². The SMILES string of the molecule is O=[N+]1c2ccccc2-c2ccc(-c3ccccn3)cc21. The molecule has 0 bridgehead atoms. The fraction of sp³-hybridized carbons (Fsp3) is 0. The van der Waals surface area contributed by atoms with Crippen LogP contribution in [0.5, 0.6) is 0 Å². The fourth-order valence-corrected chi connectivity index (χ4v) is 2.63. The van der Waals surface area contributed by atoms with Gasteiger partial charge in [-0.2, -0.15) is 0 Å². The lowest BCUT2D eigenvalue weighted by molar-refractivity contribution is 1.09. The summed E-state index contributed by atoms with van der Waals surface area (Å²) in [4.78, 5) is 16.7. The van der Waals surface area contributed by atoms with Gasteiger partial charge in [0.25, 0.3) is 11.4 Å². The van der Waals surface area contributed by atoms with Crippen molar-refractivity contribution in [2.45, 2.75) is 0 Å². The number of pyridine rings is 1. The van der Waals surface area contributed by atoms with Gasteiger partial charge in [-0.25, -0.2) is 0 Å². The van der Waals surface area contributed by atoms with Crippen molar-refractivity contribution in [2.24, 2.45) is 0 Å². The van der Waals surface area contributed by atoms with Crippen LogP contribution in [0.1, 0.15) is 0 Å². The second-order valence-electron chi connectivity index (χ2n) is 4.76. The minimum atomic E-state index is 0.689. The van der Waals surface area contributed by atoms with Crippen molar-refractivity contribution in [3.8, 4) is 22.4 Å². The van der Waals surface area contributed by atoms with Crippen molar-refractivity contribution in [2.75, 3.05) is 0 Å². The van der Waals surface area contributed by atoms with Gasteiger partial charge in [0.1, 0.15) is 0 Å². The summed E-state index contributed by atoms with van der Waals surface area (Å²) >= 11 is 0. The van der Waals surface area contributed by atoms with E-state index in [4.69, 9.17) is 0 Å². The molecule has 4 rings (SSSR count). The van der Waals surface area contributed by atoms with Crippen LogP contribution in [0, 0.1) is 4.91 Å². The first kappa shape index (κ1) is 11.1. The van der Waals surface area contributed by atoms with E-state index in [9.17, 15) is 4.91 Å². The van der Waals surface area contributed by atoms with Crippen LogP contribution in [0.2, 0.25) is 0 Å². The van der Waals surface area contributed by atoms with Crippen molar-refractivity contribution < 1.29 is 0 Å². The molecule has 1 aliphatic heterocycles. The topological polar surface area (TPSA) is 33.0 Å². The van der Waals surface area contributed by atoms with E-state index in [-0.39, 0.29) is 0 Å². The molecule has 0 aliphatic carbocycles. The Kier molecular flexibility index (Phi) is 2.27. The Morgan fingerprint density at radius 3 is 2.45 bits per heavy atom. The molecule has 3 aromatic rings. The van der Waals surface area contributed by atoms with Gasteiger partial charge < -0.3 is 0 Å². The minimum absolute atomic E-state index is 0.689. The molecule has 0 N–H and O–H groups in total. The van der Waals surface area contributed by atoms with Crippen molar-refractivity contribution in [3.63, 3.8) is 0 Å². The zero-order chi connectivity index (χ0) is 13.5. The van der Waals surface area contributed by atoms with Crippen LogP contribution < -0.4 is 4.76 Å². The molecule has 0 radical (unpaired) electrons. The van der Waals surface area contributed by atoms with Gasteiger partial charge in [0, 0.05) is 28.8 Å². The third kappa shape index (κ3) is 1.50. The van der Waals surface area contributed by atoms with E-state index < -0.39 is 0 Å². The van der Waals surface area contributed by atoms with E-state index in [1.165, 1.54) is 0 Å². The maximum atomic E-state index is 12.4. The summed E-state index contributed by atoms with van der Waals surface area (Å²) in [6, 6.07) is 19.3. The molecule has 2 heterocycles. The molecule has 0 saturated carbocycles. The highest BCUT2D eigenvalue weighted by Crippen LogP contribution is 2.45. The van der Waals surface area contributed by atoms with E-state index in [0.717, 1.165) is 27.1 Å². The third-order valence-electron chi connectivity index (χ3n) is 3.59. The lowest BCUT2D eigenvalue weighted by atomic mass is 10.0. The molecule has 0 atom stereocenters. The molecule has 0 amide bonds. The number of fused-ring (bicyclic) bond motifs is 3. The van der Waals surface area contributed by atoms with Crippen LogP contribution in [-0.4, -0.2) is 4.98 Å². The maximum absolute atomic E-state index is 12.4. The van der Waals surface area contributed by atoms with Crippen molar-refractivity contribution >= 4 is 11.4 Å². The van der Waals surface area contributed by atoms with Crippen molar-refractivity contribution in [1.29, 1.82) is 0 Å². The zero-order valence-corrected chi connectivity index (χ0v) is 10.7. The first-order chi connectivity index (χ1) is 9.84. The molecule has 0 saturated heterocycles. The zero-order valence-electron chi connectivity index (χ0n) is 10.7. The summed E-state index contributed by atoms with van der Waals surface area (Å²) in [5.41, 5.74) is 5.20. The Morgan fingerprint density at radius 1 is 0.800 bits per heavy atom. The molecule has 0 unspecified atom stereocenters. The molecule has 0 fully saturated rings. The largest absolute Gasteiger partial charge is 0.272 e. The molecule has 3 heteroatoms. The first-order valence-corrected chi connectivity index (χ1v) is 6.47. The number of hydrogen-bond donors (Lipinski definition) is 0. The molecule has 20 heavy (non-hydrogen) atoms. The van der Waals surface area contributed by atoms with Crippen LogP contribution in [-0.2, 0) is 0 Å². The Labute approximate surface area is 116 Å². The van der Waals surface area contributed by atoms with Crippen molar-refractivity contribution in [3.05, 3.63) is 71.8 Å². The molecule has 1 aliphatic rings. The van der Waals surface area contributed by atoms with Gasteiger partial charge in [0.2, 0.25) is 0 Å². The predicted octanol–water partition coefficient (Wildman–Crippen LogP) is 4.33. The molecular weight excluding hydrogens is 248 g/mol. The molecule has 3 nitrogen and oxygen atoms in total. The van der Waals surface area contributed by atoms with E-state index >= 15 is 0 Å². The average Bonchev–Trinajstić information content (AvgIpc) is 2.81. The van der Waals surface area contributed by atoms with Gasteiger partial charge in [0.15, 0.2) is 0 Å². The van der Waals surface area contributed by atoms with E-state index in [0.29, 0.717) is 11.4 Å². The molecule has 2 aromatic carbocycles. The molecule has 94 valence electrons. The van der Waals surface area contributed by atoms with Gasteiger partial charge in [-0.15, -0.1) is 0 Å². The molecule has 0 spiro atoms. The number of nitrogens with zero attached hydrogens (tertiary/aromatic N) is 2. The summed E-state index contributed by atoms with van der Waals surface area (Å²) in [6.45, 7) is 0. The highest BCUT2D eigenvalue weighted by Gasteiger charge is 2.35. The molecule has 1 aromatic heterocycles. The summed E-state index contributed by atoms with van der Waals surface area (Å²) in [6.07, 6.45) is 1.76. The summed E-state index contributed by atoms with van der Waals surface area (Å²) < 4.78 is 0.997. The lowest BCUT2D eigenvalue weighted by Crippen LogP contribution is -1.93. The average molecular weight is 259 g/mol. The van der Waals surface area contributed by atoms with Crippen molar-refractivity contribution in [1.82, 2.24) is 9.74 Å². The third-order valence-corrected chi connectivity index (χ3v) is 3.59. The summed E-state index contributed by atoms with van der Waals surface area (Å²) in [5.74, 6) is 0. The Balaban J connectivity index is 1.91.